The van der Waals surface area contributed by atoms with Crippen molar-refractivity contribution >= 4 is 17.4 Å². The number of pyridine rings is 1. The molecule has 1 aromatic carbocycles. The van der Waals surface area contributed by atoms with Crippen molar-refractivity contribution in [3.8, 4) is 11.5 Å². The minimum absolute atomic E-state index is 0.0393. The van der Waals surface area contributed by atoms with E-state index in [1.165, 1.54) is 12.1 Å². The molecule has 2 aliphatic heterocycles. The second-order valence-electron chi connectivity index (χ2n) is 9.35. The maximum atomic E-state index is 13.2. The number of ether oxygens (including phenoxy) is 6. The van der Waals surface area contributed by atoms with Gasteiger partial charge in [0, 0.05) is 44.2 Å². The lowest BCUT2D eigenvalue weighted by Crippen LogP contribution is -2.40. The molecule has 0 radical (unpaired) electrons. The maximum Gasteiger partial charge on any atom is 0.287 e. The first-order valence-corrected chi connectivity index (χ1v) is 13.8. The minimum Gasteiger partial charge on any atom is -0.459 e. The number of hydrogen-bond donors (Lipinski definition) is 3. The van der Waals surface area contributed by atoms with Gasteiger partial charge in [0.2, 0.25) is 13.1 Å². The molecule has 0 unspecified atom stereocenters. The first-order valence-electron chi connectivity index (χ1n) is 13.8. The van der Waals surface area contributed by atoms with Gasteiger partial charge in [0.1, 0.15) is 12.0 Å². The second kappa shape index (κ2) is 15.9. The van der Waals surface area contributed by atoms with Crippen molar-refractivity contribution in [2.75, 3.05) is 64.8 Å². The summed E-state index contributed by atoms with van der Waals surface area (Å²) in [4.78, 5) is 27.4. The van der Waals surface area contributed by atoms with Crippen LogP contribution in [-0.2, 0) is 23.7 Å². The third kappa shape index (κ3) is 8.52. The lowest BCUT2D eigenvalue weighted by atomic mass is 9.81. The van der Waals surface area contributed by atoms with E-state index >= 15 is 0 Å². The third-order valence-electron chi connectivity index (χ3n) is 6.60. The Bertz CT molecular complexity index is 1210. The van der Waals surface area contributed by atoms with Crippen LogP contribution in [0.1, 0.15) is 24.8 Å². The van der Waals surface area contributed by atoms with Gasteiger partial charge in [-0.3, -0.25) is 14.9 Å². The van der Waals surface area contributed by atoms with E-state index < -0.39 is 17.1 Å². The third-order valence-corrected chi connectivity index (χ3v) is 6.60. The summed E-state index contributed by atoms with van der Waals surface area (Å²) in [6, 6.07) is 8.55. The van der Waals surface area contributed by atoms with E-state index in [1.54, 1.807) is 6.08 Å². The molecule has 42 heavy (non-hydrogen) atoms. The highest BCUT2D eigenvalue weighted by atomic mass is 16.7. The number of nitrogens with one attached hydrogen (secondary N) is 2. The number of carbonyl (C=O) groups excluding carboxylic acids is 1. The molecule has 4 rings (SSSR count). The summed E-state index contributed by atoms with van der Waals surface area (Å²) in [6.07, 6.45) is 2.84. The smallest absolute Gasteiger partial charge is 0.287 e. The van der Waals surface area contributed by atoms with Gasteiger partial charge < -0.3 is 44.2 Å². The number of allylic oxidation sites excluding steroid dienone is 1. The summed E-state index contributed by atoms with van der Waals surface area (Å²) in [5.74, 6) is 1.06. The maximum absolute atomic E-state index is 13.2. The zero-order valence-corrected chi connectivity index (χ0v) is 23.4. The fraction of sp³-hybridized carbons (Fsp3) is 0.500. The van der Waals surface area contributed by atoms with Gasteiger partial charge in [0.05, 0.1) is 31.4 Å². The quantitative estimate of drug-likeness (QED) is 0.140. The van der Waals surface area contributed by atoms with Gasteiger partial charge >= 0.3 is 0 Å². The zero-order valence-electron chi connectivity index (χ0n) is 23.4. The highest BCUT2D eigenvalue weighted by molar-refractivity contribution is 5.91. The first-order chi connectivity index (χ1) is 20.5. The van der Waals surface area contributed by atoms with Crippen molar-refractivity contribution < 1.29 is 43.2 Å². The van der Waals surface area contributed by atoms with Gasteiger partial charge in [-0.2, -0.15) is 0 Å². The molecule has 2 aromatic rings. The normalized spacial score (nSPS) is 19.1. The SMILES string of the molecule is CCO[C@@H]1OC(C(=O)NCCNc2ccc([N+](=O)[O-])cn2)=C[C@H](c2ccc3c(c2)OCO3)[C@H]1CCOCCOCCO. The number of hydrogen-bond acceptors (Lipinski definition) is 12. The summed E-state index contributed by atoms with van der Waals surface area (Å²) in [6.45, 7) is 4.38. The number of rotatable bonds is 17. The molecule has 0 bridgehead atoms. The molecule has 1 aromatic heterocycles. The van der Waals surface area contributed by atoms with Crippen LogP contribution in [0.2, 0.25) is 0 Å². The van der Waals surface area contributed by atoms with E-state index in [9.17, 15) is 14.9 Å². The summed E-state index contributed by atoms with van der Waals surface area (Å²) in [5.41, 5.74) is 0.813. The van der Waals surface area contributed by atoms with Gasteiger partial charge in [-0.25, -0.2) is 4.98 Å². The number of aromatic nitrogens is 1. The van der Waals surface area contributed by atoms with Crippen LogP contribution < -0.4 is 20.1 Å². The van der Waals surface area contributed by atoms with Crippen LogP contribution in [0.25, 0.3) is 0 Å². The van der Waals surface area contributed by atoms with Crippen LogP contribution in [0, 0.1) is 16.0 Å². The van der Waals surface area contributed by atoms with Crippen molar-refractivity contribution in [2.45, 2.75) is 25.6 Å². The molecule has 228 valence electrons. The number of fused-ring (bicyclic) bond motifs is 1. The molecule has 3 N–H and O–H groups in total. The molecule has 3 heterocycles. The van der Waals surface area contributed by atoms with Gasteiger partial charge in [0.25, 0.3) is 11.6 Å². The molecule has 0 fully saturated rings. The predicted octanol–water partition coefficient (Wildman–Crippen LogP) is 2.34. The number of amides is 1. The van der Waals surface area contributed by atoms with Crippen molar-refractivity contribution in [1.29, 1.82) is 0 Å². The van der Waals surface area contributed by atoms with Crippen LogP contribution in [0.4, 0.5) is 11.5 Å². The Balaban J connectivity index is 1.42. The fourth-order valence-corrected chi connectivity index (χ4v) is 4.60. The number of nitrogens with zero attached hydrogens (tertiary/aromatic N) is 2. The molecule has 3 atom stereocenters. The van der Waals surface area contributed by atoms with Crippen molar-refractivity contribution in [2.24, 2.45) is 5.92 Å². The van der Waals surface area contributed by atoms with Crippen LogP contribution in [0.15, 0.2) is 48.4 Å². The largest absolute Gasteiger partial charge is 0.459 e. The number of aliphatic hydroxyl groups is 1. The standard InChI is InChI=1S/C28H36N4O10/c1-2-39-28-21(7-11-37-13-14-38-12-10-33)22(19-3-5-23-24(15-19)41-18-40-23)16-25(42-28)27(34)30-9-8-29-26-6-4-20(17-31-26)32(35)36/h3-6,15-17,21-22,28,33H,2,7-14,18H2,1H3,(H,29,31)(H,30,34)/t21-,22-,28-/m1/s1. The Morgan fingerprint density at radius 3 is 2.67 bits per heavy atom. The second-order valence-corrected chi connectivity index (χ2v) is 9.35. The molecular formula is C28H36N4O10. The summed E-state index contributed by atoms with van der Waals surface area (Å²) in [5, 5.41) is 25.5. The minimum atomic E-state index is -0.701. The van der Waals surface area contributed by atoms with Gasteiger partial charge in [-0.05, 0) is 43.2 Å². The van der Waals surface area contributed by atoms with E-state index in [0.29, 0.717) is 56.7 Å². The van der Waals surface area contributed by atoms with Gasteiger partial charge in [0.15, 0.2) is 17.3 Å². The summed E-state index contributed by atoms with van der Waals surface area (Å²) in [7, 11) is 0. The zero-order chi connectivity index (χ0) is 29.7. The number of anilines is 1. The number of benzene rings is 1. The van der Waals surface area contributed by atoms with E-state index in [2.05, 4.69) is 15.6 Å². The average Bonchev–Trinajstić information content (AvgIpc) is 3.47. The summed E-state index contributed by atoms with van der Waals surface area (Å²) < 4.78 is 34.1. The molecule has 1 amide bonds. The van der Waals surface area contributed by atoms with Crippen LogP contribution in [0.5, 0.6) is 11.5 Å². The lowest BCUT2D eigenvalue weighted by molar-refractivity contribution is -0.385. The molecular weight excluding hydrogens is 552 g/mol. The van der Waals surface area contributed by atoms with Crippen molar-refractivity contribution in [3.63, 3.8) is 0 Å². The molecule has 14 heteroatoms. The Morgan fingerprint density at radius 1 is 1.12 bits per heavy atom. The fourth-order valence-electron chi connectivity index (χ4n) is 4.60. The highest BCUT2D eigenvalue weighted by Gasteiger charge is 2.38. The molecule has 0 saturated carbocycles. The first kappa shape index (κ1) is 31.0. The lowest BCUT2D eigenvalue weighted by Gasteiger charge is -2.37. The number of nitro groups is 1. The highest BCUT2D eigenvalue weighted by Crippen LogP contribution is 2.42. The van der Waals surface area contributed by atoms with E-state index in [4.69, 9.17) is 33.5 Å². The van der Waals surface area contributed by atoms with Crippen LogP contribution in [0.3, 0.4) is 0 Å². The predicted molar refractivity (Wildman–Crippen MR) is 149 cm³/mol. The molecule has 0 aliphatic carbocycles. The molecule has 0 spiro atoms. The molecule has 2 aliphatic rings. The Labute approximate surface area is 243 Å². The Morgan fingerprint density at radius 2 is 1.93 bits per heavy atom. The average molecular weight is 589 g/mol. The van der Waals surface area contributed by atoms with Crippen LogP contribution >= 0.6 is 0 Å². The van der Waals surface area contributed by atoms with E-state index in [1.807, 2.05) is 25.1 Å². The van der Waals surface area contributed by atoms with Gasteiger partial charge in [-0.1, -0.05) is 6.07 Å². The topological polar surface area (TPSA) is 173 Å². The van der Waals surface area contributed by atoms with Crippen molar-refractivity contribution in [1.82, 2.24) is 10.3 Å². The van der Waals surface area contributed by atoms with Crippen LogP contribution in [-0.4, -0.2) is 86.7 Å². The van der Waals surface area contributed by atoms with E-state index in [0.717, 1.165) is 11.8 Å². The summed E-state index contributed by atoms with van der Waals surface area (Å²) >= 11 is 0. The van der Waals surface area contributed by atoms with Crippen molar-refractivity contribution in [3.05, 3.63) is 64.0 Å². The number of carbonyl (C=O) groups is 1. The number of aliphatic hydroxyl groups excluding tert-OH is 1. The molecule has 14 nitrogen and oxygen atoms in total. The Hall–Kier alpha value is -3.98. The Kier molecular flexibility index (Phi) is 11.7. The molecule has 0 saturated heterocycles. The van der Waals surface area contributed by atoms with Gasteiger partial charge in [-0.15, -0.1) is 0 Å². The van der Waals surface area contributed by atoms with E-state index in [-0.39, 0.29) is 49.8 Å². The monoisotopic (exact) mass is 588 g/mol.